The molecule has 0 unspecified atom stereocenters. The third-order valence-electron chi connectivity index (χ3n) is 2.94. The van der Waals surface area contributed by atoms with Crippen LogP contribution in [0, 0.1) is 0 Å². The predicted molar refractivity (Wildman–Crippen MR) is 71.9 cm³/mol. The van der Waals surface area contributed by atoms with Crippen molar-refractivity contribution in [2.45, 2.75) is 19.0 Å². The molecule has 1 saturated heterocycles. The molecule has 0 aliphatic carbocycles. The lowest BCUT2D eigenvalue weighted by Gasteiger charge is -2.28. The second kappa shape index (κ2) is 4.63. The van der Waals surface area contributed by atoms with Gasteiger partial charge in [-0.05, 0) is 31.2 Å². The smallest absolute Gasteiger partial charge is 0.308 e. The molecule has 2 atom stereocenters. The summed E-state index contributed by atoms with van der Waals surface area (Å²) < 4.78 is 5.61. The number of amidine groups is 1. The van der Waals surface area contributed by atoms with E-state index in [2.05, 4.69) is 29.5 Å². The summed E-state index contributed by atoms with van der Waals surface area (Å²) in [4.78, 5) is 4.48. The molecular formula is C13H14ClN3O. The maximum atomic E-state index is 5.85. The molecule has 2 heterocycles. The van der Waals surface area contributed by atoms with Gasteiger partial charge in [0.25, 0.3) is 0 Å². The molecule has 1 N–H and O–H groups in total. The molecule has 0 radical (unpaired) electrons. The maximum absolute atomic E-state index is 5.85. The quantitative estimate of drug-likeness (QED) is 0.791. The van der Waals surface area contributed by atoms with E-state index in [1.165, 1.54) is 0 Å². The molecule has 2 aliphatic rings. The maximum Gasteiger partial charge on any atom is 0.308 e. The molecular weight excluding hydrogens is 250 g/mol. The third kappa shape index (κ3) is 2.21. The highest BCUT2D eigenvalue weighted by molar-refractivity contribution is 6.30. The summed E-state index contributed by atoms with van der Waals surface area (Å²) in [7, 11) is 0. The largest absolute Gasteiger partial charge is 0.461 e. The van der Waals surface area contributed by atoms with Crippen molar-refractivity contribution in [2.75, 3.05) is 6.61 Å². The fourth-order valence-corrected chi connectivity index (χ4v) is 2.13. The van der Waals surface area contributed by atoms with E-state index in [1.807, 2.05) is 29.3 Å². The number of hydrogen-bond acceptors (Lipinski definition) is 3. The lowest BCUT2D eigenvalue weighted by molar-refractivity contribution is 0.257. The van der Waals surface area contributed by atoms with Crippen molar-refractivity contribution >= 4 is 23.3 Å². The Morgan fingerprint density at radius 1 is 1.33 bits per heavy atom. The molecule has 1 aromatic rings. The van der Waals surface area contributed by atoms with Gasteiger partial charge in [-0.15, -0.1) is 0 Å². The van der Waals surface area contributed by atoms with E-state index in [1.54, 1.807) is 0 Å². The fraction of sp³-hybridized carbons (Fsp3) is 0.308. The van der Waals surface area contributed by atoms with Crippen molar-refractivity contribution in [1.29, 1.82) is 0 Å². The van der Waals surface area contributed by atoms with Crippen LogP contribution in [0.4, 0.5) is 5.69 Å². The van der Waals surface area contributed by atoms with Gasteiger partial charge in [0.05, 0.1) is 5.69 Å². The summed E-state index contributed by atoms with van der Waals surface area (Å²) in [6.07, 6.45) is 4.28. The van der Waals surface area contributed by atoms with Gasteiger partial charge in [-0.25, -0.2) is 5.43 Å². The van der Waals surface area contributed by atoms with Crippen molar-refractivity contribution in [3.05, 3.63) is 41.4 Å². The number of benzene rings is 1. The van der Waals surface area contributed by atoms with Gasteiger partial charge in [-0.1, -0.05) is 23.8 Å². The van der Waals surface area contributed by atoms with Crippen LogP contribution in [-0.2, 0) is 4.74 Å². The van der Waals surface area contributed by atoms with Crippen molar-refractivity contribution in [3.8, 4) is 0 Å². The van der Waals surface area contributed by atoms with Gasteiger partial charge in [0.2, 0.25) is 0 Å². The summed E-state index contributed by atoms with van der Waals surface area (Å²) in [6.45, 7) is 2.72. The molecule has 2 aliphatic heterocycles. The Bertz CT molecular complexity index is 497. The van der Waals surface area contributed by atoms with E-state index in [-0.39, 0.29) is 6.04 Å². The monoisotopic (exact) mass is 263 g/mol. The molecule has 1 fully saturated rings. The first-order valence-corrected chi connectivity index (χ1v) is 6.31. The predicted octanol–water partition coefficient (Wildman–Crippen LogP) is 2.49. The van der Waals surface area contributed by atoms with Crippen molar-refractivity contribution < 1.29 is 4.74 Å². The average Bonchev–Trinajstić information content (AvgIpc) is 2.75. The number of aliphatic imine (C=N–C) groups is 1. The third-order valence-corrected chi connectivity index (χ3v) is 3.19. The summed E-state index contributed by atoms with van der Waals surface area (Å²) in [6, 6.07) is 8.51. The SMILES string of the molecule is C[C@@H]1C=C[C@@H]2COC(=Nc3ccc(Cl)cc3)N2N1. The van der Waals surface area contributed by atoms with Crippen LogP contribution in [-0.4, -0.2) is 29.7 Å². The van der Waals surface area contributed by atoms with Crippen LogP contribution in [0.5, 0.6) is 0 Å². The topological polar surface area (TPSA) is 36.9 Å². The van der Waals surface area contributed by atoms with E-state index in [4.69, 9.17) is 16.3 Å². The first kappa shape index (κ1) is 11.6. The minimum absolute atomic E-state index is 0.229. The zero-order chi connectivity index (χ0) is 12.5. The van der Waals surface area contributed by atoms with Gasteiger partial charge < -0.3 is 4.74 Å². The Morgan fingerprint density at radius 3 is 2.89 bits per heavy atom. The summed E-state index contributed by atoms with van der Waals surface area (Å²) in [5.74, 6) is 0. The van der Waals surface area contributed by atoms with Gasteiger partial charge in [-0.3, -0.25) is 5.01 Å². The van der Waals surface area contributed by atoms with E-state index in [0.717, 1.165) is 5.69 Å². The summed E-state index contributed by atoms with van der Waals surface area (Å²) >= 11 is 5.85. The first-order valence-electron chi connectivity index (χ1n) is 5.93. The second-order valence-electron chi connectivity index (χ2n) is 4.42. The standard InChI is InChI=1S/C13H14ClN3O/c1-9-2-7-12-8-18-13(17(12)16-9)15-11-5-3-10(14)4-6-11/h2-7,9,12,16H,8H2,1H3/t9-,12-/m1/s1. The molecule has 1 aromatic carbocycles. The Labute approximate surface area is 111 Å². The fourth-order valence-electron chi connectivity index (χ4n) is 2.01. The van der Waals surface area contributed by atoms with Crippen LogP contribution in [0.1, 0.15) is 6.92 Å². The summed E-state index contributed by atoms with van der Waals surface area (Å²) in [5.41, 5.74) is 4.16. The van der Waals surface area contributed by atoms with Gasteiger partial charge in [0.1, 0.15) is 12.6 Å². The average molecular weight is 264 g/mol. The lowest BCUT2D eigenvalue weighted by atomic mass is 10.2. The van der Waals surface area contributed by atoms with Crippen LogP contribution in [0.3, 0.4) is 0 Å². The molecule has 4 nitrogen and oxygen atoms in total. The van der Waals surface area contributed by atoms with Gasteiger partial charge in [-0.2, -0.15) is 4.99 Å². The first-order chi connectivity index (χ1) is 8.72. The molecule has 0 amide bonds. The highest BCUT2D eigenvalue weighted by Crippen LogP contribution is 2.21. The number of rotatable bonds is 1. The minimum Gasteiger partial charge on any atom is -0.461 e. The molecule has 5 heteroatoms. The van der Waals surface area contributed by atoms with E-state index in [0.29, 0.717) is 23.7 Å². The summed E-state index contributed by atoms with van der Waals surface area (Å²) in [5, 5.41) is 2.68. The number of halogens is 1. The molecule has 0 spiro atoms. The van der Waals surface area contributed by atoms with E-state index in [9.17, 15) is 0 Å². The number of nitrogens with one attached hydrogen (secondary N) is 1. The van der Waals surface area contributed by atoms with Crippen molar-refractivity contribution in [2.24, 2.45) is 4.99 Å². The number of nitrogens with zero attached hydrogens (tertiary/aromatic N) is 2. The van der Waals surface area contributed by atoms with E-state index >= 15 is 0 Å². The van der Waals surface area contributed by atoms with Crippen molar-refractivity contribution in [1.82, 2.24) is 10.4 Å². The normalized spacial score (nSPS) is 28.3. The number of fused-ring (bicyclic) bond motifs is 1. The Kier molecular flexibility index (Phi) is 2.97. The van der Waals surface area contributed by atoms with Crippen LogP contribution in [0.2, 0.25) is 5.02 Å². The van der Waals surface area contributed by atoms with Crippen LogP contribution in [0.15, 0.2) is 41.4 Å². The zero-order valence-corrected chi connectivity index (χ0v) is 10.8. The lowest BCUT2D eigenvalue weighted by Crippen LogP contribution is -2.50. The highest BCUT2D eigenvalue weighted by Gasteiger charge is 2.32. The Balaban J connectivity index is 1.84. The molecule has 0 bridgehead atoms. The van der Waals surface area contributed by atoms with Crippen LogP contribution >= 0.6 is 11.6 Å². The van der Waals surface area contributed by atoms with Gasteiger partial charge in [0, 0.05) is 11.1 Å². The minimum atomic E-state index is 0.229. The van der Waals surface area contributed by atoms with Crippen LogP contribution in [0.25, 0.3) is 0 Å². The number of hydrazine groups is 1. The second-order valence-corrected chi connectivity index (χ2v) is 4.86. The Hall–Kier alpha value is -1.52. The molecule has 0 saturated carbocycles. The van der Waals surface area contributed by atoms with E-state index < -0.39 is 0 Å². The van der Waals surface area contributed by atoms with Gasteiger partial charge in [0.15, 0.2) is 0 Å². The number of ether oxygens (including phenoxy) is 1. The Morgan fingerprint density at radius 2 is 2.11 bits per heavy atom. The van der Waals surface area contributed by atoms with Crippen molar-refractivity contribution in [3.63, 3.8) is 0 Å². The molecule has 18 heavy (non-hydrogen) atoms. The zero-order valence-electron chi connectivity index (χ0n) is 10.0. The molecule has 3 rings (SSSR count). The highest BCUT2D eigenvalue weighted by atomic mass is 35.5. The molecule has 0 aromatic heterocycles. The molecule has 94 valence electrons. The number of hydrogen-bond donors (Lipinski definition) is 1. The van der Waals surface area contributed by atoms with Crippen LogP contribution < -0.4 is 5.43 Å². The van der Waals surface area contributed by atoms with Gasteiger partial charge >= 0.3 is 6.02 Å².